The lowest BCUT2D eigenvalue weighted by Gasteiger charge is -2.38. The number of benzene rings is 1. The summed E-state index contributed by atoms with van der Waals surface area (Å²) in [6.07, 6.45) is -2.30. The van der Waals surface area contributed by atoms with Crippen molar-refractivity contribution in [3.05, 3.63) is 47.3 Å². The van der Waals surface area contributed by atoms with Crippen LogP contribution in [0.4, 0.5) is 13.2 Å². The average Bonchev–Trinajstić information content (AvgIpc) is 3.06. The van der Waals surface area contributed by atoms with Crippen LogP contribution >= 0.6 is 0 Å². The number of piperidine rings is 1. The molecule has 1 amide bonds. The Morgan fingerprint density at radius 1 is 1.18 bits per heavy atom. The van der Waals surface area contributed by atoms with Crippen LogP contribution in [0.1, 0.15) is 53.1 Å². The standard InChI is InChI=1S/C19H20F3N3O3/c1-18(2)8-3-9-24(11-18)16(26)12-4-6-13(7-5-12)25-15(19(20,21)22)14(10-23-25)17(27)28/h4-7,10H,3,8-9,11H2,1-2H3,(H,27,28). The van der Waals surface area contributed by atoms with E-state index >= 15 is 0 Å². The van der Waals surface area contributed by atoms with Gasteiger partial charge in [0.25, 0.3) is 5.91 Å². The van der Waals surface area contributed by atoms with E-state index in [0.29, 0.717) is 29.5 Å². The van der Waals surface area contributed by atoms with Crippen LogP contribution in [0.25, 0.3) is 5.69 Å². The Balaban J connectivity index is 1.90. The summed E-state index contributed by atoms with van der Waals surface area (Å²) in [6, 6.07) is 5.52. The second-order valence-electron chi connectivity index (χ2n) is 7.66. The van der Waals surface area contributed by atoms with Crippen molar-refractivity contribution < 1.29 is 27.9 Å². The third kappa shape index (κ3) is 3.88. The van der Waals surface area contributed by atoms with E-state index in [1.807, 2.05) is 0 Å². The van der Waals surface area contributed by atoms with Gasteiger partial charge in [0.2, 0.25) is 0 Å². The van der Waals surface area contributed by atoms with Gasteiger partial charge >= 0.3 is 12.1 Å². The molecule has 3 rings (SSSR count). The largest absolute Gasteiger partial charge is 0.478 e. The van der Waals surface area contributed by atoms with Crippen LogP contribution in [0.15, 0.2) is 30.5 Å². The fraction of sp³-hybridized carbons (Fsp3) is 0.421. The molecule has 2 heterocycles. The number of alkyl halides is 3. The molecule has 0 bridgehead atoms. The Bertz CT molecular complexity index is 901. The number of hydrogen-bond acceptors (Lipinski definition) is 3. The van der Waals surface area contributed by atoms with Crippen molar-refractivity contribution in [1.82, 2.24) is 14.7 Å². The fourth-order valence-corrected chi connectivity index (χ4v) is 3.50. The van der Waals surface area contributed by atoms with Crippen LogP contribution in [0, 0.1) is 5.41 Å². The monoisotopic (exact) mass is 395 g/mol. The molecule has 0 aliphatic carbocycles. The van der Waals surface area contributed by atoms with Crippen molar-refractivity contribution in [2.45, 2.75) is 32.9 Å². The first-order chi connectivity index (χ1) is 13.0. The average molecular weight is 395 g/mol. The topological polar surface area (TPSA) is 75.4 Å². The van der Waals surface area contributed by atoms with Crippen molar-refractivity contribution in [2.24, 2.45) is 5.41 Å². The van der Waals surface area contributed by atoms with Crippen LogP contribution in [0.3, 0.4) is 0 Å². The molecule has 1 fully saturated rings. The van der Waals surface area contributed by atoms with Gasteiger partial charge < -0.3 is 10.0 Å². The number of nitrogens with zero attached hydrogens (tertiary/aromatic N) is 3. The minimum absolute atomic E-state index is 0.0235. The number of amides is 1. The molecule has 150 valence electrons. The summed E-state index contributed by atoms with van der Waals surface area (Å²) >= 11 is 0. The highest BCUT2D eigenvalue weighted by atomic mass is 19.4. The van der Waals surface area contributed by atoms with Crippen molar-refractivity contribution in [2.75, 3.05) is 13.1 Å². The maximum absolute atomic E-state index is 13.3. The number of rotatable bonds is 3. The number of carboxylic acid groups (broad SMARTS) is 1. The van der Waals surface area contributed by atoms with Crippen LogP contribution < -0.4 is 0 Å². The zero-order valence-corrected chi connectivity index (χ0v) is 15.5. The second-order valence-corrected chi connectivity index (χ2v) is 7.66. The van der Waals surface area contributed by atoms with E-state index in [0.717, 1.165) is 12.8 Å². The summed E-state index contributed by atoms with van der Waals surface area (Å²) in [5.41, 5.74) is -1.88. The third-order valence-corrected chi connectivity index (χ3v) is 4.81. The van der Waals surface area contributed by atoms with Crippen LogP contribution in [-0.4, -0.2) is 44.8 Å². The number of likely N-dealkylation sites (tertiary alicyclic amines) is 1. The summed E-state index contributed by atoms with van der Waals surface area (Å²) in [4.78, 5) is 25.5. The fourth-order valence-electron chi connectivity index (χ4n) is 3.50. The molecule has 6 nitrogen and oxygen atoms in total. The number of halogens is 3. The lowest BCUT2D eigenvalue weighted by molar-refractivity contribution is -0.143. The van der Waals surface area contributed by atoms with E-state index in [2.05, 4.69) is 18.9 Å². The molecule has 0 saturated carbocycles. The maximum Gasteiger partial charge on any atom is 0.434 e. The predicted molar refractivity (Wildman–Crippen MR) is 94.4 cm³/mol. The minimum atomic E-state index is -4.89. The Morgan fingerprint density at radius 3 is 2.36 bits per heavy atom. The Kier molecular flexibility index (Phi) is 4.95. The van der Waals surface area contributed by atoms with Gasteiger partial charge in [0.15, 0.2) is 5.69 Å². The summed E-state index contributed by atoms with van der Waals surface area (Å²) in [6.45, 7) is 5.44. The normalized spacial score (nSPS) is 16.8. The van der Waals surface area contributed by atoms with E-state index in [-0.39, 0.29) is 17.0 Å². The summed E-state index contributed by atoms with van der Waals surface area (Å²) in [5, 5.41) is 12.6. The number of carbonyl (C=O) groups is 2. The third-order valence-electron chi connectivity index (χ3n) is 4.81. The lowest BCUT2D eigenvalue weighted by Crippen LogP contribution is -2.43. The van der Waals surface area contributed by atoms with Gasteiger partial charge in [-0.05, 0) is 42.5 Å². The van der Waals surface area contributed by atoms with E-state index in [1.54, 1.807) is 4.90 Å². The first-order valence-corrected chi connectivity index (χ1v) is 8.78. The number of aromatic carboxylic acids is 1. The Hall–Kier alpha value is -2.84. The molecule has 28 heavy (non-hydrogen) atoms. The SMILES string of the molecule is CC1(C)CCCN(C(=O)c2ccc(-n3ncc(C(=O)O)c3C(F)(F)F)cc2)C1. The molecule has 0 radical (unpaired) electrons. The van der Waals surface area contributed by atoms with Gasteiger partial charge in [0.1, 0.15) is 5.56 Å². The summed E-state index contributed by atoms with van der Waals surface area (Å²) in [7, 11) is 0. The molecule has 0 atom stereocenters. The van der Waals surface area contributed by atoms with E-state index in [4.69, 9.17) is 5.11 Å². The van der Waals surface area contributed by atoms with E-state index in [9.17, 15) is 22.8 Å². The highest BCUT2D eigenvalue weighted by Gasteiger charge is 2.40. The lowest BCUT2D eigenvalue weighted by atomic mass is 9.84. The first-order valence-electron chi connectivity index (χ1n) is 8.78. The van der Waals surface area contributed by atoms with Gasteiger partial charge in [-0.1, -0.05) is 13.8 Å². The molecule has 1 saturated heterocycles. The van der Waals surface area contributed by atoms with Crippen LogP contribution in [0.5, 0.6) is 0 Å². The zero-order chi connectivity index (χ0) is 20.7. The molecular weight excluding hydrogens is 375 g/mol. The Morgan fingerprint density at radius 2 is 1.82 bits per heavy atom. The summed E-state index contributed by atoms with van der Waals surface area (Å²) in [5.74, 6) is -1.89. The number of aromatic nitrogens is 2. The smallest absolute Gasteiger partial charge is 0.434 e. The van der Waals surface area contributed by atoms with Crippen LogP contribution in [-0.2, 0) is 6.18 Å². The van der Waals surface area contributed by atoms with Gasteiger partial charge in [0, 0.05) is 18.7 Å². The van der Waals surface area contributed by atoms with E-state index in [1.165, 1.54) is 24.3 Å². The molecule has 1 aliphatic heterocycles. The molecule has 1 aromatic carbocycles. The van der Waals surface area contributed by atoms with Crippen molar-refractivity contribution in [3.8, 4) is 5.69 Å². The quantitative estimate of drug-likeness (QED) is 0.857. The highest BCUT2D eigenvalue weighted by molar-refractivity contribution is 5.94. The highest BCUT2D eigenvalue weighted by Crippen LogP contribution is 2.34. The van der Waals surface area contributed by atoms with Gasteiger partial charge in [-0.3, -0.25) is 4.79 Å². The molecular formula is C19H20F3N3O3. The van der Waals surface area contributed by atoms with Crippen molar-refractivity contribution >= 4 is 11.9 Å². The number of carbonyl (C=O) groups excluding carboxylic acids is 1. The Labute approximate surface area is 159 Å². The molecule has 2 aromatic rings. The molecule has 1 aromatic heterocycles. The van der Waals surface area contributed by atoms with Crippen LogP contribution in [0.2, 0.25) is 0 Å². The first kappa shape index (κ1) is 19.9. The van der Waals surface area contributed by atoms with Gasteiger partial charge in [-0.2, -0.15) is 18.3 Å². The van der Waals surface area contributed by atoms with Gasteiger partial charge in [0.05, 0.1) is 11.9 Å². The molecule has 1 aliphatic rings. The maximum atomic E-state index is 13.3. The number of hydrogen-bond donors (Lipinski definition) is 1. The van der Waals surface area contributed by atoms with Crippen molar-refractivity contribution in [1.29, 1.82) is 0 Å². The second kappa shape index (κ2) is 6.96. The summed E-state index contributed by atoms with van der Waals surface area (Å²) < 4.78 is 40.5. The predicted octanol–water partition coefficient (Wildman–Crippen LogP) is 3.85. The molecule has 1 N–H and O–H groups in total. The van der Waals surface area contributed by atoms with Gasteiger partial charge in [-0.25, -0.2) is 9.48 Å². The minimum Gasteiger partial charge on any atom is -0.478 e. The molecule has 9 heteroatoms. The zero-order valence-electron chi connectivity index (χ0n) is 15.5. The molecule has 0 unspecified atom stereocenters. The van der Waals surface area contributed by atoms with E-state index < -0.39 is 23.4 Å². The van der Waals surface area contributed by atoms with Gasteiger partial charge in [-0.15, -0.1) is 0 Å². The van der Waals surface area contributed by atoms with Crippen molar-refractivity contribution in [3.63, 3.8) is 0 Å². The number of carboxylic acids is 1. The molecule has 0 spiro atoms.